The molecule has 2 N–H and O–H groups in total. The molecule has 0 rings (SSSR count). The maximum absolute atomic E-state index is 11.9. The van der Waals surface area contributed by atoms with E-state index in [2.05, 4.69) is 10.1 Å². The highest BCUT2D eigenvalue weighted by Gasteiger charge is 2.23. The lowest BCUT2D eigenvalue weighted by Gasteiger charge is -2.23. The third kappa shape index (κ3) is 6.96. The lowest BCUT2D eigenvalue weighted by atomic mass is 10.1. The first-order chi connectivity index (χ1) is 9.31. The van der Waals surface area contributed by atoms with Gasteiger partial charge >= 0.3 is 18.0 Å². The molecule has 2 atom stereocenters. The lowest BCUT2D eigenvalue weighted by Crippen LogP contribution is -2.47. The number of methoxy groups -OCH3 is 1. The highest BCUT2D eigenvalue weighted by molar-refractivity contribution is 5.83. The number of urea groups is 1. The van der Waals surface area contributed by atoms with Crippen LogP contribution in [-0.4, -0.2) is 54.7 Å². The van der Waals surface area contributed by atoms with Gasteiger partial charge in [0.2, 0.25) is 0 Å². The smallest absolute Gasteiger partial charge is 0.326 e. The number of nitrogens with zero attached hydrogens (tertiary/aromatic N) is 1. The topological polar surface area (TPSA) is 95.9 Å². The Morgan fingerprint density at radius 2 is 1.95 bits per heavy atom. The lowest BCUT2D eigenvalue weighted by molar-refractivity contribution is -0.142. The molecule has 116 valence electrons. The molecular weight excluding hydrogens is 264 g/mol. The van der Waals surface area contributed by atoms with E-state index in [-0.39, 0.29) is 12.8 Å². The molecule has 7 nitrogen and oxygen atoms in total. The number of carboxylic acids is 1. The first-order valence-corrected chi connectivity index (χ1v) is 6.63. The van der Waals surface area contributed by atoms with Gasteiger partial charge in [-0.05, 0) is 12.3 Å². The van der Waals surface area contributed by atoms with Gasteiger partial charge in [0.1, 0.15) is 6.04 Å². The molecule has 20 heavy (non-hydrogen) atoms. The Bertz CT molecular complexity index is 346. The summed E-state index contributed by atoms with van der Waals surface area (Å²) in [6.07, 6.45) is 0.885. The molecule has 0 bridgehead atoms. The number of amides is 2. The van der Waals surface area contributed by atoms with Crippen LogP contribution in [0, 0.1) is 5.92 Å². The van der Waals surface area contributed by atoms with Crippen LogP contribution in [0.4, 0.5) is 4.79 Å². The zero-order valence-electron chi connectivity index (χ0n) is 12.5. The molecule has 0 aromatic carbocycles. The summed E-state index contributed by atoms with van der Waals surface area (Å²) in [5.41, 5.74) is 0. The van der Waals surface area contributed by atoms with Crippen molar-refractivity contribution >= 4 is 18.0 Å². The number of ether oxygens (including phenoxy) is 1. The fourth-order valence-corrected chi connectivity index (χ4v) is 1.56. The Morgan fingerprint density at radius 1 is 1.35 bits per heavy atom. The van der Waals surface area contributed by atoms with Crippen molar-refractivity contribution in [3.63, 3.8) is 0 Å². The van der Waals surface area contributed by atoms with Crippen molar-refractivity contribution in [1.82, 2.24) is 10.2 Å². The summed E-state index contributed by atoms with van der Waals surface area (Å²) in [4.78, 5) is 35.4. The minimum absolute atomic E-state index is 0.00488. The van der Waals surface area contributed by atoms with E-state index >= 15 is 0 Å². The number of aliphatic carboxylic acids is 1. The van der Waals surface area contributed by atoms with E-state index in [1.165, 1.54) is 12.0 Å². The van der Waals surface area contributed by atoms with Crippen molar-refractivity contribution in [2.75, 3.05) is 20.7 Å². The number of hydrogen-bond acceptors (Lipinski definition) is 4. The molecular formula is C13H24N2O5. The van der Waals surface area contributed by atoms with Gasteiger partial charge in [-0.2, -0.15) is 0 Å². The van der Waals surface area contributed by atoms with E-state index in [0.717, 1.165) is 6.42 Å². The molecule has 0 aromatic heterocycles. The summed E-state index contributed by atoms with van der Waals surface area (Å²) < 4.78 is 4.44. The average Bonchev–Trinajstić information content (AvgIpc) is 2.41. The number of esters is 1. The largest absolute Gasteiger partial charge is 0.480 e. The Balaban J connectivity index is 4.40. The Kier molecular flexibility index (Phi) is 8.35. The second-order valence-corrected chi connectivity index (χ2v) is 4.85. The van der Waals surface area contributed by atoms with Crippen LogP contribution >= 0.6 is 0 Å². The average molecular weight is 288 g/mol. The van der Waals surface area contributed by atoms with Gasteiger partial charge in [-0.3, -0.25) is 4.79 Å². The maximum atomic E-state index is 11.9. The minimum atomic E-state index is -1.17. The number of rotatable bonds is 8. The molecule has 0 fully saturated rings. The van der Waals surface area contributed by atoms with E-state index in [4.69, 9.17) is 5.11 Å². The standard InChI is InChI=1S/C13H24N2O5/c1-5-9(2)8-15(3)13(19)14-10(12(17)18)6-7-11(16)20-4/h9-10H,5-8H2,1-4H3,(H,14,19)(H,17,18)/t9?,10-/m1/s1. The van der Waals surface area contributed by atoms with Crippen LogP contribution in [0.3, 0.4) is 0 Å². The molecule has 0 aliphatic rings. The summed E-state index contributed by atoms with van der Waals surface area (Å²) in [6, 6.07) is -1.55. The summed E-state index contributed by atoms with van der Waals surface area (Å²) in [5.74, 6) is -1.33. The van der Waals surface area contributed by atoms with Crippen LogP contribution in [0.25, 0.3) is 0 Å². The number of hydrogen-bond donors (Lipinski definition) is 2. The van der Waals surface area contributed by atoms with Gasteiger partial charge < -0.3 is 20.1 Å². The highest BCUT2D eigenvalue weighted by atomic mass is 16.5. The molecule has 7 heteroatoms. The number of carbonyl (C=O) groups excluding carboxylic acids is 2. The van der Waals surface area contributed by atoms with Crippen molar-refractivity contribution in [2.24, 2.45) is 5.92 Å². The molecule has 0 saturated carbocycles. The zero-order valence-corrected chi connectivity index (χ0v) is 12.5. The third-order valence-corrected chi connectivity index (χ3v) is 3.09. The molecule has 0 saturated heterocycles. The first-order valence-electron chi connectivity index (χ1n) is 6.63. The van der Waals surface area contributed by atoms with E-state index in [0.29, 0.717) is 12.5 Å². The van der Waals surface area contributed by atoms with Gasteiger partial charge in [0.05, 0.1) is 7.11 Å². The second-order valence-electron chi connectivity index (χ2n) is 4.85. The first kappa shape index (κ1) is 18.2. The van der Waals surface area contributed by atoms with Crippen molar-refractivity contribution in [3.05, 3.63) is 0 Å². The highest BCUT2D eigenvalue weighted by Crippen LogP contribution is 2.04. The predicted octanol–water partition coefficient (Wildman–Crippen LogP) is 1.08. The molecule has 0 spiro atoms. The van der Waals surface area contributed by atoms with Crippen LogP contribution in [0.1, 0.15) is 33.1 Å². The SMILES string of the molecule is CCC(C)CN(C)C(=O)N[C@H](CCC(=O)OC)C(=O)O. The van der Waals surface area contributed by atoms with E-state index < -0.39 is 24.0 Å². The van der Waals surface area contributed by atoms with E-state index in [1.54, 1.807) is 7.05 Å². The minimum Gasteiger partial charge on any atom is -0.480 e. The van der Waals surface area contributed by atoms with E-state index in [9.17, 15) is 14.4 Å². The van der Waals surface area contributed by atoms with Crippen LogP contribution in [0.15, 0.2) is 0 Å². The number of nitrogens with one attached hydrogen (secondary N) is 1. The quantitative estimate of drug-likeness (QED) is 0.652. The number of carbonyl (C=O) groups is 3. The molecule has 2 amide bonds. The Hall–Kier alpha value is -1.79. The zero-order chi connectivity index (χ0) is 15.7. The van der Waals surface area contributed by atoms with Gasteiger partial charge in [0, 0.05) is 20.0 Å². The molecule has 0 heterocycles. The van der Waals surface area contributed by atoms with Crippen molar-refractivity contribution < 1.29 is 24.2 Å². The summed E-state index contributed by atoms with van der Waals surface area (Å²) >= 11 is 0. The third-order valence-electron chi connectivity index (χ3n) is 3.09. The normalized spacial score (nSPS) is 13.2. The van der Waals surface area contributed by atoms with Crippen LogP contribution in [0.2, 0.25) is 0 Å². The van der Waals surface area contributed by atoms with Gasteiger partial charge in [0.15, 0.2) is 0 Å². The van der Waals surface area contributed by atoms with Gasteiger partial charge in [0.25, 0.3) is 0 Å². The second kappa shape index (κ2) is 9.17. The van der Waals surface area contributed by atoms with Crippen LogP contribution < -0.4 is 5.32 Å². The molecule has 0 aliphatic carbocycles. The van der Waals surface area contributed by atoms with Gasteiger partial charge in [-0.1, -0.05) is 20.3 Å². The van der Waals surface area contributed by atoms with Crippen molar-refractivity contribution in [3.8, 4) is 0 Å². The summed E-state index contributed by atoms with van der Waals surface area (Å²) in [7, 11) is 2.84. The Morgan fingerprint density at radius 3 is 2.40 bits per heavy atom. The maximum Gasteiger partial charge on any atom is 0.326 e. The van der Waals surface area contributed by atoms with Gasteiger partial charge in [-0.15, -0.1) is 0 Å². The van der Waals surface area contributed by atoms with Crippen LogP contribution in [0.5, 0.6) is 0 Å². The van der Waals surface area contributed by atoms with Crippen LogP contribution in [-0.2, 0) is 14.3 Å². The molecule has 1 unspecified atom stereocenters. The fraction of sp³-hybridized carbons (Fsp3) is 0.769. The van der Waals surface area contributed by atoms with Crippen molar-refractivity contribution in [2.45, 2.75) is 39.2 Å². The van der Waals surface area contributed by atoms with E-state index in [1.807, 2.05) is 13.8 Å². The summed E-state index contributed by atoms with van der Waals surface area (Å²) in [5, 5.41) is 11.4. The van der Waals surface area contributed by atoms with Crippen molar-refractivity contribution in [1.29, 1.82) is 0 Å². The predicted molar refractivity (Wildman–Crippen MR) is 73.3 cm³/mol. The Labute approximate surface area is 119 Å². The molecule has 0 aromatic rings. The van der Waals surface area contributed by atoms with Gasteiger partial charge in [-0.25, -0.2) is 9.59 Å². The fourth-order valence-electron chi connectivity index (χ4n) is 1.56. The molecule has 0 radical (unpaired) electrons. The number of carboxylic acid groups (broad SMARTS) is 1. The molecule has 0 aliphatic heterocycles. The monoisotopic (exact) mass is 288 g/mol. The summed E-state index contributed by atoms with van der Waals surface area (Å²) in [6.45, 7) is 4.58.